The van der Waals surface area contributed by atoms with Gasteiger partial charge in [-0.25, -0.2) is 0 Å². The van der Waals surface area contributed by atoms with Gasteiger partial charge in [0.15, 0.2) is 0 Å². The number of likely N-dealkylation sites (tertiary alicyclic amines) is 1. The minimum Gasteiger partial charge on any atom is -0.352 e. The van der Waals surface area contributed by atoms with Gasteiger partial charge in [-0.05, 0) is 62.2 Å². The lowest BCUT2D eigenvalue weighted by molar-refractivity contribution is -0.115. The highest BCUT2D eigenvalue weighted by atomic mass is 32.1. The zero-order valence-electron chi connectivity index (χ0n) is 22.5. The molecule has 10 heteroatoms. The molecule has 0 aliphatic carbocycles. The summed E-state index contributed by atoms with van der Waals surface area (Å²) < 4.78 is 0. The van der Waals surface area contributed by atoms with Crippen molar-refractivity contribution in [3.63, 3.8) is 0 Å². The Morgan fingerprint density at radius 2 is 1.67 bits per heavy atom. The minimum absolute atomic E-state index is 0.0172. The van der Waals surface area contributed by atoms with Crippen molar-refractivity contribution in [3.8, 4) is 0 Å². The van der Waals surface area contributed by atoms with E-state index in [2.05, 4.69) is 48.6 Å². The van der Waals surface area contributed by atoms with E-state index < -0.39 is 0 Å². The van der Waals surface area contributed by atoms with E-state index in [-0.39, 0.29) is 11.8 Å². The van der Waals surface area contributed by atoms with Crippen molar-refractivity contribution in [1.82, 2.24) is 25.3 Å². The molecule has 2 fully saturated rings. The molecule has 0 radical (unpaired) electrons. The first-order valence-corrected chi connectivity index (χ1v) is 14.5. The van der Waals surface area contributed by atoms with Crippen LogP contribution in [0, 0.1) is 5.92 Å². The molecule has 1 aromatic heterocycles. The van der Waals surface area contributed by atoms with Crippen LogP contribution in [-0.4, -0.2) is 84.7 Å². The molecule has 3 aromatic rings. The number of piperazine rings is 1. The van der Waals surface area contributed by atoms with Crippen LogP contribution in [0.15, 0.2) is 54.6 Å². The van der Waals surface area contributed by atoms with E-state index >= 15 is 0 Å². The van der Waals surface area contributed by atoms with Crippen LogP contribution in [0.2, 0.25) is 0 Å². The second kappa shape index (κ2) is 13.1. The average molecular weight is 548 g/mol. The number of benzene rings is 2. The van der Waals surface area contributed by atoms with E-state index in [0.717, 1.165) is 87.0 Å². The third-order valence-corrected chi connectivity index (χ3v) is 8.40. The molecule has 0 saturated carbocycles. The Hall–Kier alpha value is -3.34. The number of nitrogens with zero attached hydrogens (tertiary/aromatic N) is 5. The molecule has 0 spiro atoms. The van der Waals surface area contributed by atoms with Gasteiger partial charge in [0.25, 0.3) is 5.91 Å². The fraction of sp³-hybridized carbons (Fsp3) is 0.448. The van der Waals surface area contributed by atoms with Crippen molar-refractivity contribution in [2.24, 2.45) is 5.92 Å². The van der Waals surface area contributed by atoms with Crippen LogP contribution in [0.3, 0.4) is 0 Å². The molecular formula is C29H37N7O2S. The van der Waals surface area contributed by atoms with Gasteiger partial charge in [-0.1, -0.05) is 53.8 Å². The molecule has 0 bridgehead atoms. The number of piperidine rings is 1. The van der Waals surface area contributed by atoms with Crippen molar-refractivity contribution >= 4 is 33.4 Å². The maximum absolute atomic E-state index is 12.8. The summed E-state index contributed by atoms with van der Waals surface area (Å²) in [6.07, 6.45) is 2.60. The Kier molecular flexibility index (Phi) is 9.18. The van der Waals surface area contributed by atoms with E-state index in [0.29, 0.717) is 17.5 Å². The molecule has 39 heavy (non-hydrogen) atoms. The third kappa shape index (κ3) is 7.84. The Morgan fingerprint density at radius 1 is 0.923 bits per heavy atom. The minimum atomic E-state index is -0.0912. The Balaban J connectivity index is 1.06. The van der Waals surface area contributed by atoms with E-state index in [9.17, 15) is 9.59 Å². The maximum Gasteiger partial charge on any atom is 0.251 e. The van der Waals surface area contributed by atoms with Crippen LogP contribution in [0.5, 0.6) is 0 Å². The van der Waals surface area contributed by atoms with Gasteiger partial charge in [0.2, 0.25) is 16.2 Å². The number of amides is 2. The predicted molar refractivity (Wildman–Crippen MR) is 155 cm³/mol. The summed E-state index contributed by atoms with van der Waals surface area (Å²) in [5, 5.41) is 15.9. The van der Waals surface area contributed by atoms with Crippen LogP contribution >= 0.6 is 11.3 Å². The normalized spacial score (nSPS) is 17.2. The van der Waals surface area contributed by atoms with Gasteiger partial charge in [-0.2, -0.15) is 0 Å². The molecule has 2 amide bonds. The number of carbonyl (C=O) groups excluding carboxylic acids is 2. The lowest BCUT2D eigenvalue weighted by Gasteiger charge is -2.34. The summed E-state index contributed by atoms with van der Waals surface area (Å²) in [6.45, 7) is 7.23. The van der Waals surface area contributed by atoms with Crippen LogP contribution in [-0.2, 0) is 17.8 Å². The summed E-state index contributed by atoms with van der Waals surface area (Å²) in [5.41, 5.74) is 2.85. The van der Waals surface area contributed by atoms with Gasteiger partial charge >= 0.3 is 0 Å². The van der Waals surface area contributed by atoms with Crippen molar-refractivity contribution in [1.29, 1.82) is 0 Å². The summed E-state index contributed by atoms with van der Waals surface area (Å²) in [4.78, 5) is 32.1. The van der Waals surface area contributed by atoms with Gasteiger partial charge in [-0.3, -0.25) is 14.5 Å². The number of nitrogens with one attached hydrogen (secondary N) is 2. The van der Waals surface area contributed by atoms with Crippen LogP contribution in [0.1, 0.15) is 34.3 Å². The number of aromatic nitrogens is 2. The van der Waals surface area contributed by atoms with E-state index in [1.165, 1.54) is 11.3 Å². The van der Waals surface area contributed by atoms with Gasteiger partial charge in [0.05, 0.1) is 6.42 Å². The monoisotopic (exact) mass is 547 g/mol. The summed E-state index contributed by atoms with van der Waals surface area (Å²) in [6, 6.07) is 17.7. The van der Waals surface area contributed by atoms with Gasteiger partial charge in [0, 0.05) is 44.8 Å². The van der Waals surface area contributed by atoms with Gasteiger partial charge < -0.3 is 20.4 Å². The molecule has 2 N–H and O–H groups in total. The fourth-order valence-corrected chi connectivity index (χ4v) is 5.92. The summed E-state index contributed by atoms with van der Waals surface area (Å²) >= 11 is 1.41. The van der Waals surface area contributed by atoms with E-state index in [1.807, 2.05) is 48.5 Å². The smallest absolute Gasteiger partial charge is 0.251 e. The second-order valence-corrected chi connectivity index (χ2v) is 11.5. The Morgan fingerprint density at radius 3 is 2.44 bits per heavy atom. The number of hydrogen-bond donors (Lipinski definition) is 2. The topological polar surface area (TPSA) is 93.7 Å². The Labute approximate surface area is 234 Å². The molecule has 2 aliphatic heterocycles. The SMILES string of the molecule is CN1CCC(CNC(=O)c2cccc(CN3CCN(c4nnc(NC(=O)Cc5ccccc5)s4)CC3)c2)CC1. The molecule has 2 saturated heterocycles. The quantitative estimate of drug-likeness (QED) is 0.425. The average Bonchev–Trinajstić information content (AvgIpc) is 3.42. The summed E-state index contributed by atoms with van der Waals surface area (Å²) in [7, 11) is 2.15. The molecule has 0 atom stereocenters. The summed E-state index contributed by atoms with van der Waals surface area (Å²) in [5.74, 6) is 0.495. The fourth-order valence-electron chi connectivity index (χ4n) is 5.11. The molecule has 3 heterocycles. The predicted octanol–water partition coefficient (Wildman–Crippen LogP) is 3.11. The van der Waals surface area contributed by atoms with Crippen molar-refractivity contribution in [3.05, 3.63) is 71.3 Å². The molecule has 206 valence electrons. The zero-order valence-corrected chi connectivity index (χ0v) is 23.3. The first-order chi connectivity index (χ1) is 19.0. The van der Waals surface area contributed by atoms with Crippen molar-refractivity contribution in [2.45, 2.75) is 25.8 Å². The molecule has 2 aromatic carbocycles. The molecule has 5 rings (SSSR count). The van der Waals surface area contributed by atoms with Gasteiger partial charge in [0.1, 0.15) is 0 Å². The molecule has 0 unspecified atom stereocenters. The second-order valence-electron chi connectivity index (χ2n) is 10.5. The highest BCUT2D eigenvalue weighted by Gasteiger charge is 2.22. The number of anilines is 2. The largest absolute Gasteiger partial charge is 0.352 e. The lowest BCUT2D eigenvalue weighted by Crippen LogP contribution is -2.46. The molecule has 9 nitrogen and oxygen atoms in total. The zero-order chi connectivity index (χ0) is 27.0. The number of hydrogen-bond acceptors (Lipinski definition) is 8. The van der Waals surface area contributed by atoms with Crippen LogP contribution < -0.4 is 15.5 Å². The van der Waals surface area contributed by atoms with Crippen LogP contribution in [0.4, 0.5) is 10.3 Å². The third-order valence-electron chi connectivity index (χ3n) is 7.50. The van der Waals surface area contributed by atoms with Crippen molar-refractivity contribution in [2.75, 3.05) is 63.1 Å². The van der Waals surface area contributed by atoms with Crippen molar-refractivity contribution < 1.29 is 9.59 Å². The highest BCUT2D eigenvalue weighted by molar-refractivity contribution is 7.19. The first-order valence-electron chi connectivity index (χ1n) is 13.7. The van der Waals surface area contributed by atoms with Crippen LogP contribution in [0.25, 0.3) is 0 Å². The first kappa shape index (κ1) is 27.2. The molecular weight excluding hydrogens is 510 g/mol. The lowest BCUT2D eigenvalue weighted by atomic mass is 9.97. The molecule has 2 aliphatic rings. The standard InChI is InChI=1S/C29H37N7O2S/c1-34-12-10-23(11-13-34)20-30-27(38)25-9-5-8-24(18-25)21-35-14-16-36(17-15-35)29-33-32-28(39-29)31-26(37)19-22-6-3-2-4-7-22/h2-9,18,23H,10-17,19-21H2,1H3,(H,30,38)(H,31,32,37). The maximum atomic E-state index is 12.8. The Bertz CT molecular complexity index is 1240. The van der Waals surface area contributed by atoms with E-state index in [1.54, 1.807) is 0 Å². The number of rotatable bonds is 9. The van der Waals surface area contributed by atoms with E-state index in [4.69, 9.17) is 0 Å². The van der Waals surface area contributed by atoms with Gasteiger partial charge in [-0.15, -0.1) is 10.2 Å². The highest BCUT2D eigenvalue weighted by Crippen LogP contribution is 2.25. The number of carbonyl (C=O) groups is 2.